The Kier molecular flexibility index (Phi) is 4.77. The molecule has 21 heavy (non-hydrogen) atoms. The number of aromatic amines is 1. The molecule has 0 aromatic carbocycles. The molecule has 2 aromatic heterocycles. The van der Waals surface area contributed by atoms with Crippen molar-refractivity contribution in [1.29, 1.82) is 0 Å². The molecule has 0 amide bonds. The largest absolute Gasteiger partial charge is 0.367 e. The molecule has 0 aliphatic rings. The third kappa shape index (κ3) is 3.71. The van der Waals surface area contributed by atoms with Crippen LogP contribution in [0.5, 0.6) is 0 Å². The number of rotatable bonds is 6. The third-order valence-electron chi connectivity index (χ3n) is 3.37. The van der Waals surface area contributed by atoms with Crippen LogP contribution in [0.15, 0.2) is 16.9 Å². The van der Waals surface area contributed by atoms with Gasteiger partial charge >= 0.3 is 0 Å². The summed E-state index contributed by atoms with van der Waals surface area (Å²) in [5, 5.41) is 7.93. The third-order valence-corrected chi connectivity index (χ3v) is 3.37. The highest BCUT2D eigenvalue weighted by molar-refractivity contribution is 5.42. The van der Waals surface area contributed by atoms with Gasteiger partial charge in [-0.1, -0.05) is 20.3 Å². The van der Waals surface area contributed by atoms with E-state index in [1.807, 2.05) is 13.0 Å². The average molecular weight is 289 g/mol. The van der Waals surface area contributed by atoms with Gasteiger partial charge < -0.3 is 5.32 Å². The summed E-state index contributed by atoms with van der Waals surface area (Å²) in [7, 11) is 0. The minimum absolute atomic E-state index is 0.169. The van der Waals surface area contributed by atoms with Gasteiger partial charge in [0.1, 0.15) is 5.82 Å². The van der Waals surface area contributed by atoms with Crippen LogP contribution in [-0.2, 0) is 0 Å². The van der Waals surface area contributed by atoms with Gasteiger partial charge in [0.05, 0.1) is 5.69 Å². The van der Waals surface area contributed by atoms with Crippen LogP contribution in [0.1, 0.15) is 44.5 Å². The molecule has 1 atom stereocenters. The Labute approximate surface area is 124 Å². The lowest BCUT2D eigenvalue weighted by molar-refractivity contribution is 0.615. The Balaban J connectivity index is 2.38. The zero-order chi connectivity index (χ0) is 15.4. The Morgan fingerprint density at radius 1 is 1.29 bits per heavy atom. The van der Waals surface area contributed by atoms with Crippen molar-refractivity contribution in [2.75, 3.05) is 5.32 Å². The van der Waals surface area contributed by atoms with Crippen molar-refractivity contribution in [1.82, 2.24) is 19.7 Å². The van der Waals surface area contributed by atoms with Crippen LogP contribution in [0.2, 0.25) is 0 Å². The fourth-order valence-electron chi connectivity index (χ4n) is 2.36. The molecule has 0 aliphatic carbocycles. The van der Waals surface area contributed by atoms with Crippen LogP contribution in [-0.4, -0.2) is 25.8 Å². The van der Waals surface area contributed by atoms with E-state index in [4.69, 9.17) is 0 Å². The standard InChI is InChI=1S/C15H23N5O/c1-5-7-12(6-2)17-13-8-11(4)19-20(13)15-16-10(3)9-14(21)18-15/h8-9,12,17H,5-7H2,1-4H3,(H,16,18,21). The molecule has 2 rings (SSSR count). The average Bonchev–Trinajstić information content (AvgIpc) is 2.78. The summed E-state index contributed by atoms with van der Waals surface area (Å²) in [5.74, 6) is 1.31. The van der Waals surface area contributed by atoms with Crippen molar-refractivity contribution in [2.24, 2.45) is 0 Å². The monoisotopic (exact) mass is 289 g/mol. The first kappa shape index (κ1) is 15.3. The molecule has 6 heteroatoms. The summed E-state index contributed by atoms with van der Waals surface area (Å²) in [6.07, 6.45) is 3.26. The molecule has 2 N–H and O–H groups in total. The van der Waals surface area contributed by atoms with Crippen molar-refractivity contribution >= 4 is 5.82 Å². The topological polar surface area (TPSA) is 75.6 Å². The summed E-state index contributed by atoms with van der Waals surface area (Å²) < 4.78 is 1.67. The maximum atomic E-state index is 11.6. The minimum atomic E-state index is -0.169. The summed E-state index contributed by atoms with van der Waals surface area (Å²) in [5.41, 5.74) is 1.39. The maximum Gasteiger partial charge on any atom is 0.252 e. The number of aromatic nitrogens is 4. The van der Waals surface area contributed by atoms with E-state index in [1.165, 1.54) is 6.07 Å². The van der Waals surface area contributed by atoms with Crippen LogP contribution in [0.3, 0.4) is 0 Å². The molecular formula is C15H23N5O. The maximum absolute atomic E-state index is 11.6. The van der Waals surface area contributed by atoms with E-state index in [9.17, 15) is 4.79 Å². The molecule has 0 aliphatic heterocycles. The molecule has 2 aromatic rings. The lowest BCUT2D eigenvalue weighted by Gasteiger charge is -2.17. The summed E-state index contributed by atoms with van der Waals surface area (Å²) in [6, 6.07) is 3.83. The van der Waals surface area contributed by atoms with E-state index >= 15 is 0 Å². The quantitative estimate of drug-likeness (QED) is 0.857. The van der Waals surface area contributed by atoms with Crippen molar-refractivity contribution in [2.45, 2.75) is 53.0 Å². The van der Waals surface area contributed by atoms with E-state index < -0.39 is 0 Å². The van der Waals surface area contributed by atoms with Gasteiger partial charge in [0.2, 0.25) is 5.95 Å². The van der Waals surface area contributed by atoms with Gasteiger partial charge in [-0.25, -0.2) is 4.98 Å². The molecule has 0 fully saturated rings. The lowest BCUT2D eigenvalue weighted by Crippen LogP contribution is -2.22. The number of nitrogens with zero attached hydrogens (tertiary/aromatic N) is 3. The number of hydrogen-bond acceptors (Lipinski definition) is 4. The van der Waals surface area contributed by atoms with Crippen molar-refractivity contribution < 1.29 is 0 Å². The molecule has 6 nitrogen and oxygen atoms in total. The molecule has 1 unspecified atom stereocenters. The van der Waals surface area contributed by atoms with E-state index in [-0.39, 0.29) is 5.56 Å². The second kappa shape index (κ2) is 6.56. The molecule has 0 saturated carbocycles. The molecule has 114 valence electrons. The van der Waals surface area contributed by atoms with E-state index in [2.05, 4.69) is 34.2 Å². The van der Waals surface area contributed by atoms with Crippen LogP contribution >= 0.6 is 0 Å². The van der Waals surface area contributed by atoms with Crippen molar-refractivity contribution in [3.63, 3.8) is 0 Å². The highest BCUT2D eigenvalue weighted by Gasteiger charge is 2.13. The Hall–Kier alpha value is -2.11. The van der Waals surface area contributed by atoms with Gasteiger partial charge in [-0.3, -0.25) is 9.78 Å². The van der Waals surface area contributed by atoms with E-state index in [0.29, 0.717) is 17.7 Å². The fourth-order valence-corrected chi connectivity index (χ4v) is 2.36. The summed E-state index contributed by atoms with van der Waals surface area (Å²) in [4.78, 5) is 18.7. The van der Waals surface area contributed by atoms with Gasteiger partial charge in [-0.05, 0) is 26.7 Å². The zero-order valence-corrected chi connectivity index (χ0v) is 13.1. The molecule has 0 bridgehead atoms. The Morgan fingerprint density at radius 2 is 2.05 bits per heavy atom. The smallest absolute Gasteiger partial charge is 0.252 e. The predicted molar refractivity (Wildman–Crippen MR) is 84.1 cm³/mol. The van der Waals surface area contributed by atoms with Crippen LogP contribution in [0, 0.1) is 13.8 Å². The van der Waals surface area contributed by atoms with E-state index in [1.54, 1.807) is 11.6 Å². The summed E-state index contributed by atoms with van der Waals surface area (Å²) in [6.45, 7) is 8.06. The molecule has 0 spiro atoms. The first-order chi connectivity index (χ1) is 10.0. The van der Waals surface area contributed by atoms with Crippen LogP contribution in [0.4, 0.5) is 5.82 Å². The van der Waals surface area contributed by atoms with E-state index in [0.717, 1.165) is 30.8 Å². The Bertz CT molecular complexity index is 658. The van der Waals surface area contributed by atoms with Crippen molar-refractivity contribution in [3.8, 4) is 5.95 Å². The molecular weight excluding hydrogens is 266 g/mol. The molecule has 0 radical (unpaired) electrons. The van der Waals surface area contributed by atoms with Crippen molar-refractivity contribution in [3.05, 3.63) is 33.9 Å². The number of aryl methyl sites for hydroxylation is 2. The SMILES string of the molecule is CCCC(CC)Nc1cc(C)nn1-c1nc(C)cc(=O)[nH]1. The minimum Gasteiger partial charge on any atom is -0.367 e. The fraction of sp³-hybridized carbons (Fsp3) is 0.533. The second-order valence-electron chi connectivity index (χ2n) is 5.33. The highest BCUT2D eigenvalue weighted by Crippen LogP contribution is 2.17. The van der Waals surface area contributed by atoms with Crippen LogP contribution < -0.4 is 10.9 Å². The summed E-state index contributed by atoms with van der Waals surface area (Å²) >= 11 is 0. The Morgan fingerprint density at radius 3 is 2.67 bits per heavy atom. The molecule has 0 saturated heterocycles. The number of hydrogen-bond donors (Lipinski definition) is 2. The normalized spacial score (nSPS) is 12.4. The van der Waals surface area contributed by atoms with Gasteiger partial charge in [-0.15, -0.1) is 0 Å². The number of nitrogens with one attached hydrogen (secondary N) is 2. The molecule has 2 heterocycles. The number of H-pyrrole nitrogens is 1. The van der Waals surface area contributed by atoms with Gasteiger partial charge in [-0.2, -0.15) is 9.78 Å². The van der Waals surface area contributed by atoms with Gasteiger partial charge in [0, 0.05) is 23.9 Å². The van der Waals surface area contributed by atoms with Gasteiger partial charge in [0.25, 0.3) is 5.56 Å². The number of anilines is 1. The zero-order valence-electron chi connectivity index (χ0n) is 13.1. The first-order valence-electron chi connectivity index (χ1n) is 7.45. The predicted octanol–water partition coefficient (Wildman–Crippen LogP) is 2.56. The lowest BCUT2D eigenvalue weighted by atomic mass is 10.1. The van der Waals surface area contributed by atoms with Gasteiger partial charge in [0.15, 0.2) is 0 Å². The van der Waals surface area contributed by atoms with Crippen LogP contribution in [0.25, 0.3) is 5.95 Å². The first-order valence-corrected chi connectivity index (χ1v) is 7.45. The second-order valence-corrected chi connectivity index (χ2v) is 5.33. The highest BCUT2D eigenvalue weighted by atomic mass is 16.1.